The minimum Gasteiger partial charge on any atom is -0.397 e. The summed E-state index contributed by atoms with van der Waals surface area (Å²) in [6.07, 6.45) is 3.39. The zero-order chi connectivity index (χ0) is 22.8. The Labute approximate surface area is 189 Å². The molecule has 0 fully saturated rings. The number of nitrogens with two attached hydrogens (primary N) is 1. The van der Waals surface area contributed by atoms with E-state index in [4.69, 9.17) is 5.73 Å². The minimum atomic E-state index is -0.242. The van der Waals surface area contributed by atoms with E-state index in [0.717, 1.165) is 22.7 Å². The number of aromatic nitrogens is 5. The molecule has 33 heavy (non-hydrogen) atoms. The summed E-state index contributed by atoms with van der Waals surface area (Å²) in [5.41, 5.74) is 11.3. The Morgan fingerprint density at radius 3 is 2.58 bits per heavy atom. The smallest absolute Gasteiger partial charge is 0.255 e. The molecule has 0 saturated heterocycles. The Hall–Kier alpha value is -4.79. The first kappa shape index (κ1) is 20.1. The van der Waals surface area contributed by atoms with Crippen molar-refractivity contribution in [2.45, 2.75) is 6.92 Å². The van der Waals surface area contributed by atoms with Crippen molar-refractivity contribution < 1.29 is 4.79 Å². The van der Waals surface area contributed by atoms with Crippen molar-refractivity contribution >= 4 is 34.6 Å². The molecule has 0 bridgehead atoms. The number of amides is 1. The standard InChI is InChI=1S/C24H20N8O/c1-15-22(32-21(28-15)7-4-13-27-32)20-12-14-26-24(31-20)29-17-10-8-16(9-11-17)23(33)30-19-6-3-2-5-18(19)25/h2-14H,25H2,1H3,(H,30,33)(H,26,29,31). The van der Waals surface area contributed by atoms with Crippen LogP contribution in [0.15, 0.2) is 79.1 Å². The average Bonchev–Trinajstić information content (AvgIpc) is 3.17. The lowest BCUT2D eigenvalue weighted by Crippen LogP contribution is -2.13. The van der Waals surface area contributed by atoms with E-state index in [1.165, 1.54) is 0 Å². The Morgan fingerprint density at radius 2 is 1.76 bits per heavy atom. The number of hydrogen-bond acceptors (Lipinski definition) is 7. The molecule has 9 heteroatoms. The highest BCUT2D eigenvalue weighted by molar-refractivity contribution is 6.05. The molecule has 5 rings (SSSR count). The maximum atomic E-state index is 12.5. The first-order valence-corrected chi connectivity index (χ1v) is 10.3. The molecule has 5 aromatic rings. The Balaban J connectivity index is 1.34. The number of aryl methyl sites for hydroxylation is 1. The number of rotatable bonds is 5. The Bertz CT molecular complexity index is 1460. The van der Waals surface area contributed by atoms with E-state index in [2.05, 4.69) is 30.7 Å². The molecular formula is C24H20N8O. The first-order chi connectivity index (χ1) is 16.1. The van der Waals surface area contributed by atoms with Gasteiger partial charge in [-0.3, -0.25) is 4.79 Å². The van der Waals surface area contributed by atoms with Gasteiger partial charge >= 0.3 is 0 Å². The lowest BCUT2D eigenvalue weighted by Gasteiger charge is -2.09. The van der Waals surface area contributed by atoms with Gasteiger partial charge in [0, 0.05) is 23.6 Å². The van der Waals surface area contributed by atoms with E-state index < -0.39 is 0 Å². The van der Waals surface area contributed by atoms with Crippen LogP contribution < -0.4 is 16.4 Å². The van der Waals surface area contributed by atoms with E-state index in [9.17, 15) is 4.79 Å². The largest absolute Gasteiger partial charge is 0.397 e. The summed E-state index contributed by atoms with van der Waals surface area (Å²) in [5, 5.41) is 10.4. The summed E-state index contributed by atoms with van der Waals surface area (Å²) in [7, 11) is 0. The van der Waals surface area contributed by atoms with Gasteiger partial charge in [0.2, 0.25) is 5.95 Å². The van der Waals surface area contributed by atoms with Crippen molar-refractivity contribution in [3.63, 3.8) is 0 Å². The van der Waals surface area contributed by atoms with E-state index in [1.54, 1.807) is 53.3 Å². The van der Waals surface area contributed by atoms with Crippen LogP contribution in [0.1, 0.15) is 16.1 Å². The molecule has 0 spiro atoms. The monoisotopic (exact) mass is 436 g/mol. The van der Waals surface area contributed by atoms with Gasteiger partial charge in [-0.15, -0.1) is 0 Å². The average molecular weight is 436 g/mol. The molecule has 0 aliphatic carbocycles. The molecule has 2 aromatic carbocycles. The number of hydrogen-bond donors (Lipinski definition) is 3. The molecule has 0 saturated carbocycles. The van der Waals surface area contributed by atoms with Crippen molar-refractivity contribution in [3.05, 3.63) is 90.4 Å². The number of anilines is 4. The highest BCUT2D eigenvalue weighted by atomic mass is 16.1. The van der Waals surface area contributed by atoms with Gasteiger partial charge < -0.3 is 16.4 Å². The first-order valence-electron chi connectivity index (χ1n) is 10.3. The van der Waals surface area contributed by atoms with Gasteiger partial charge in [0.15, 0.2) is 5.65 Å². The van der Waals surface area contributed by atoms with Gasteiger partial charge in [-0.2, -0.15) is 5.10 Å². The summed E-state index contributed by atoms with van der Waals surface area (Å²) in [6.45, 7) is 1.92. The summed E-state index contributed by atoms with van der Waals surface area (Å²) < 4.78 is 1.76. The predicted octanol–water partition coefficient (Wildman–Crippen LogP) is 4.07. The quantitative estimate of drug-likeness (QED) is 0.355. The van der Waals surface area contributed by atoms with Crippen LogP contribution in [-0.4, -0.2) is 30.5 Å². The fourth-order valence-corrected chi connectivity index (χ4v) is 3.48. The molecule has 0 atom stereocenters. The number of carbonyl (C=O) groups is 1. The molecule has 3 heterocycles. The van der Waals surface area contributed by atoms with E-state index in [-0.39, 0.29) is 5.91 Å². The lowest BCUT2D eigenvalue weighted by molar-refractivity contribution is 0.102. The number of carbonyl (C=O) groups excluding carboxylic acids is 1. The van der Waals surface area contributed by atoms with E-state index in [1.807, 2.05) is 37.3 Å². The molecule has 1 amide bonds. The van der Waals surface area contributed by atoms with E-state index >= 15 is 0 Å². The second-order valence-corrected chi connectivity index (χ2v) is 7.35. The summed E-state index contributed by atoms with van der Waals surface area (Å²) in [4.78, 5) is 26.0. The van der Waals surface area contributed by atoms with Crippen LogP contribution in [0.2, 0.25) is 0 Å². The van der Waals surface area contributed by atoms with Crippen LogP contribution in [0.5, 0.6) is 0 Å². The SMILES string of the molecule is Cc1nc2cccnn2c1-c1ccnc(Nc2ccc(C(=O)Nc3ccccc3N)cc2)n1. The van der Waals surface area contributed by atoms with Gasteiger partial charge in [-0.05, 0) is 61.5 Å². The fraction of sp³-hybridized carbons (Fsp3) is 0.0417. The number of nitrogens with zero attached hydrogens (tertiary/aromatic N) is 5. The van der Waals surface area contributed by atoms with Crippen LogP contribution >= 0.6 is 0 Å². The van der Waals surface area contributed by atoms with Gasteiger partial charge in [0.1, 0.15) is 5.69 Å². The van der Waals surface area contributed by atoms with Crippen LogP contribution in [0.4, 0.5) is 23.0 Å². The second kappa shape index (κ2) is 8.39. The molecule has 9 nitrogen and oxygen atoms in total. The van der Waals surface area contributed by atoms with Crippen molar-refractivity contribution in [2.24, 2.45) is 0 Å². The molecule has 0 aliphatic heterocycles. The summed E-state index contributed by atoms with van der Waals surface area (Å²) in [5.74, 6) is 0.181. The third-order valence-corrected chi connectivity index (χ3v) is 5.08. The topological polar surface area (TPSA) is 123 Å². The molecule has 162 valence electrons. The normalized spacial score (nSPS) is 10.8. The van der Waals surface area contributed by atoms with Crippen molar-refractivity contribution in [1.29, 1.82) is 0 Å². The molecule has 4 N–H and O–H groups in total. The van der Waals surface area contributed by atoms with Gasteiger partial charge in [0.05, 0.1) is 22.8 Å². The molecule has 0 unspecified atom stereocenters. The molecule has 3 aromatic heterocycles. The second-order valence-electron chi connectivity index (χ2n) is 7.35. The number of para-hydroxylation sites is 2. The number of nitrogen functional groups attached to an aromatic ring is 1. The predicted molar refractivity (Wildman–Crippen MR) is 127 cm³/mol. The summed E-state index contributed by atoms with van der Waals surface area (Å²) >= 11 is 0. The third kappa shape index (κ3) is 4.07. The van der Waals surface area contributed by atoms with Crippen molar-refractivity contribution in [1.82, 2.24) is 24.6 Å². The van der Waals surface area contributed by atoms with Gasteiger partial charge in [-0.25, -0.2) is 19.5 Å². The minimum absolute atomic E-state index is 0.242. The van der Waals surface area contributed by atoms with Crippen molar-refractivity contribution in [2.75, 3.05) is 16.4 Å². The zero-order valence-electron chi connectivity index (χ0n) is 17.7. The van der Waals surface area contributed by atoms with Crippen LogP contribution in [0.25, 0.3) is 17.0 Å². The number of imidazole rings is 1. The lowest BCUT2D eigenvalue weighted by atomic mass is 10.2. The highest BCUT2D eigenvalue weighted by Gasteiger charge is 2.14. The maximum Gasteiger partial charge on any atom is 0.255 e. The van der Waals surface area contributed by atoms with Crippen LogP contribution in [0, 0.1) is 6.92 Å². The molecule has 0 radical (unpaired) electrons. The Kier molecular flexibility index (Phi) is 5.12. The van der Waals surface area contributed by atoms with Crippen LogP contribution in [0.3, 0.4) is 0 Å². The maximum absolute atomic E-state index is 12.5. The fourth-order valence-electron chi connectivity index (χ4n) is 3.48. The summed E-state index contributed by atoms with van der Waals surface area (Å²) in [6, 6.07) is 19.7. The number of benzene rings is 2. The van der Waals surface area contributed by atoms with Gasteiger partial charge in [0.25, 0.3) is 5.91 Å². The van der Waals surface area contributed by atoms with Crippen LogP contribution in [-0.2, 0) is 0 Å². The van der Waals surface area contributed by atoms with E-state index in [0.29, 0.717) is 28.6 Å². The number of nitrogens with one attached hydrogen (secondary N) is 2. The number of fused-ring (bicyclic) bond motifs is 1. The zero-order valence-corrected chi connectivity index (χ0v) is 17.7. The molecule has 0 aliphatic rings. The Morgan fingerprint density at radius 1 is 0.939 bits per heavy atom. The molecular weight excluding hydrogens is 416 g/mol. The van der Waals surface area contributed by atoms with Gasteiger partial charge in [-0.1, -0.05) is 12.1 Å². The highest BCUT2D eigenvalue weighted by Crippen LogP contribution is 2.24. The van der Waals surface area contributed by atoms with Crippen molar-refractivity contribution in [3.8, 4) is 11.4 Å². The third-order valence-electron chi connectivity index (χ3n) is 5.08.